The molecular weight excluding hydrogens is 653 g/mol. The number of anilines is 1. The van der Waals surface area contributed by atoms with E-state index in [1.54, 1.807) is 18.2 Å². The summed E-state index contributed by atoms with van der Waals surface area (Å²) in [6, 6.07) is 14.5. The van der Waals surface area contributed by atoms with E-state index >= 15 is 0 Å². The molecule has 3 aliphatic heterocycles. The number of thiazole rings is 1. The van der Waals surface area contributed by atoms with E-state index < -0.39 is 28.3 Å². The summed E-state index contributed by atoms with van der Waals surface area (Å²) < 4.78 is 48.3. The van der Waals surface area contributed by atoms with Gasteiger partial charge in [0.25, 0.3) is 0 Å². The molecule has 8 rings (SSSR count). The second-order valence-corrected chi connectivity index (χ2v) is 17.2. The summed E-state index contributed by atoms with van der Waals surface area (Å²) in [5.41, 5.74) is 1.80. The zero-order valence-corrected chi connectivity index (χ0v) is 29.1. The van der Waals surface area contributed by atoms with Crippen LogP contribution in [0.1, 0.15) is 51.5 Å². The first-order chi connectivity index (χ1) is 23.1. The van der Waals surface area contributed by atoms with E-state index in [4.69, 9.17) is 14.2 Å². The van der Waals surface area contributed by atoms with E-state index in [0.717, 1.165) is 46.6 Å². The van der Waals surface area contributed by atoms with Crippen LogP contribution in [0.25, 0.3) is 10.2 Å². The van der Waals surface area contributed by atoms with Crippen LogP contribution in [0.5, 0.6) is 0 Å². The van der Waals surface area contributed by atoms with Gasteiger partial charge >= 0.3 is 6.09 Å². The van der Waals surface area contributed by atoms with E-state index in [0.29, 0.717) is 32.1 Å². The molecule has 260 valence electrons. The molecule has 5 unspecified atom stereocenters. The third-order valence-corrected chi connectivity index (χ3v) is 12.8. The van der Waals surface area contributed by atoms with E-state index in [1.165, 1.54) is 15.6 Å². The average molecular weight is 699 g/mol. The normalized spacial score (nSPS) is 26.5. The number of rotatable bonds is 14. The zero-order valence-electron chi connectivity index (χ0n) is 27.5. The maximum atomic E-state index is 14.2. The fourth-order valence-electron chi connectivity index (χ4n) is 7.34. The number of aliphatic hydroxyl groups is 1. The van der Waals surface area contributed by atoms with Crippen molar-refractivity contribution in [2.24, 2.45) is 23.7 Å². The Kier molecular flexibility index (Phi) is 9.96. The van der Waals surface area contributed by atoms with Crippen molar-refractivity contribution < 1.29 is 32.5 Å². The van der Waals surface area contributed by atoms with Crippen LogP contribution in [-0.2, 0) is 30.7 Å². The van der Waals surface area contributed by atoms with Crippen molar-refractivity contribution in [2.45, 2.75) is 87.8 Å². The number of nitrogens with one attached hydrogen (secondary N) is 2. The molecule has 3 aromatic rings. The van der Waals surface area contributed by atoms with Gasteiger partial charge in [-0.3, -0.25) is 0 Å². The van der Waals surface area contributed by atoms with Crippen LogP contribution in [0.3, 0.4) is 0 Å². The van der Waals surface area contributed by atoms with Gasteiger partial charge in [-0.2, -0.15) is 4.31 Å². The maximum absolute atomic E-state index is 14.2. The molecule has 5 aliphatic rings. The van der Waals surface area contributed by atoms with Gasteiger partial charge in [-0.15, -0.1) is 0 Å². The Morgan fingerprint density at radius 2 is 1.85 bits per heavy atom. The molecule has 1 aromatic heterocycles. The van der Waals surface area contributed by atoms with E-state index in [1.807, 2.05) is 44.2 Å². The van der Waals surface area contributed by atoms with Gasteiger partial charge in [-0.05, 0) is 68.2 Å². The summed E-state index contributed by atoms with van der Waals surface area (Å²) in [5.74, 6) is 0.389. The van der Waals surface area contributed by atoms with Gasteiger partial charge in [0.15, 0.2) is 11.4 Å². The number of ether oxygens (including phenoxy) is 3. The Labute approximate surface area is 286 Å². The van der Waals surface area contributed by atoms with E-state index in [-0.39, 0.29) is 54.1 Å². The molecule has 3 N–H and O–H groups in total. The first-order valence-electron chi connectivity index (χ1n) is 17.2. The number of fused-ring (bicyclic) bond motifs is 3. The number of aliphatic hydroxyl groups excluding tert-OH is 1. The molecule has 48 heavy (non-hydrogen) atoms. The average Bonchev–Trinajstić information content (AvgIpc) is 3.72. The van der Waals surface area contributed by atoms with Crippen LogP contribution in [0.2, 0.25) is 0 Å². The smallest absolute Gasteiger partial charge is 0.407 e. The molecule has 11 nitrogen and oxygen atoms in total. The number of amides is 1. The minimum Gasteiger partial charge on any atom is -0.445 e. The number of hydrogen-bond donors (Lipinski definition) is 3. The van der Waals surface area contributed by atoms with Crippen molar-refractivity contribution in [3.63, 3.8) is 0 Å². The Balaban J connectivity index is 1.08. The van der Waals surface area contributed by atoms with Crippen molar-refractivity contribution in [1.82, 2.24) is 14.6 Å². The van der Waals surface area contributed by atoms with E-state index in [2.05, 4.69) is 15.6 Å². The van der Waals surface area contributed by atoms with Crippen LogP contribution in [-0.4, -0.2) is 85.8 Å². The first kappa shape index (κ1) is 33.7. The van der Waals surface area contributed by atoms with Crippen LogP contribution >= 0.6 is 11.3 Å². The minimum atomic E-state index is -3.99. The van der Waals surface area contributed by atoms with Crippen molar-refractivity contribution in [2.75, 3.05) is 31.6 Å². The summed E-state index contributed by atoms with van der Waals surface area (Å²) in [5, 5.41) is 18.8. The van der Waals surface area contributed by atoms with Gasteiger partial charge < -0.3 is 30.0 Å². The highest BCUT2D eigenvalue weighted by atomic mass is 32.2. The Morgan fingerprint density at radius 3 is 2.62 bits per heavy atom. The molecule has 2 saturated carbocycles. The van der Waals surface area contributed by atoms with Crippen LogP contribution in [0, 0.1) is 23.7 Å². The molecule has 1 amide bonds. The number of nitrogens with zero attached hydrogens (tertiary/aromatic N) is 2. The molecule has 5 fully saturated rings. The summed E-state index contributed by atoms with van der Waals surface area (Å²) in [4.78, 5) is 18.3. The Morgan fingerprint density at radius 1 is 1.06 bits per heavy atom. The van der Waals surface area contributed by atoms with Crippen LogP contribution < -0.4 is 10.6 Å². The maximum Gasteiger partial charge on any atom is 0.407 e. The van der Waals surface area contributed by atoms with Crippen molar-refractivity contribution >= 4 is 42.8 Å². The number of aromatic nitrogens is 1. The van der Waals surface area contributed by atoms with Gasteiger partial charge in [0.2, 0.25) is 10.0 Å². The lowest BCUT2D eigenvalue weighted by Crippen LogP contribution is -2.52. The van der Waals surface area contributed by atoms with Gasteiger partial charge in [-0.25, -0.2) is 18.2 Å². The molecular formula is C35H46N4O7S2. The fraction of sp³-hybridized carbons (Fsp3) is 0.600. The lowest BCUT2D eigenvalue weighted by molar-refractivity contribution is -0.135. The van der Waals surface area contributed by atoms with Gasteiger partial charge in [0, 0.05) is 36.9 Å². The second-order valence-electron chi connectivity index (χ2n) is 14.2. The van der Waals surface area contributed by atoms with Crippen molar-refractivity contribution in [1.29, 1.82) is 0 Å². The zero-order chi connectivity index (χ0) is 33.4. The molecule has 4 bridgehead atoms. The largest absolute Gasteiger partial charge is 0.445 e. The van der Waals surface area contributed by atoms with Gasteiger partial charge in [0.1, 0.15) is 6.10 Å². The topological polar surface area (TPSA) is 139 Å². The van der Waals surface area contributed by atoms with E-state index in [9.17, 15) is 18.3 Å². The Bertz CT molecular complexity index is 1680. The number of alkyl carbamates (subject to hydrolysis) is 1. The molecule has 3 saturated heterocycles. The lowest BCUT2D eigenvalue weighted by Gasteiger charge is -2.36. The molecule has 0 spiro atoms. The van der Waals surface area contributed by atoms with Gasteiger partial charge in [0.05, 0.1) is 40.5 Å². The summed E-state index contributed by atoms with van der Waals surface area (Å²) >= 11 is 1.44. The number of sulfonamides is 1. The monoisotopic (exact) mass is 698 g/mol. The van der Waals surface area contributed by atoms with Crippen LogP contribution in [0.4, 0.5) is 9.93 Å². The SMILES string of the molecule is CC(C)CN(C[C@@H](O)[C@H](CCc1ccccc1)NC(=O)OC1C2CCC3C(OC2)OCC31)S(=O)(=O)c1ccc2nc(NC3CC3)sc2c1. The predicted octanol–water partition coefficient (Wildman–Crippen LogP) is 5.00. The van der Waals surface area contributed by atoms with Crippen molar-refractivity contribution in [3.8, 4) is 0 Å². The first-order valence-corrected chi connectivity index (χ1v) is 19.5. The number of hydrogen-bond acceptors (Lipinski definition) is 10. The number of carbonyl (C=O) groups excluding carboxylic acids is 1. The number of benzene rings is 2. The number of aryl methyl sites for hydroxylation is 1. The van der Waals surface area contributed by atoms with Gasteiger partial charge in [-0.1, -0.05) is 55.5 Å². The summed E-state index contributed by atoms with van der Waals surface area (Å²) in [7, 11) is -3.99. The minimum absolute atomic E-state index is 0.000479. The predicted molar refractivity (Wildman–Crippen MR) is 183 cm³/mol. The lowest BCUT2D eigenvalue weighted by atomic mass is 9.74. The summed E-state index contributed by atoms with van der Waals surface area (Å²) in [6.45, 7) is 4.90. The second kappa shape index (κ2) is 14.2. The third-order valence-electron chi connectivity index (χ3n) is 10.0. The fourth-order valence-corrected chi connectivity index (χ4v) is 10.0. The molecule has 13 heteroatoms. The van der Waals surface area contributed by atoms with Crippen molar-refractivity contribution in [3.05, 3.63) is 54.1 Å². The third kappa shape index (κ3) is 7.51. The molecule has 2 aromatic carbocycles. The highest BCUT2D eigenvalue weighted by molar-refractivity contribution is 7.89. The standard InChI is InChI=1S/C35H46N4O7S2/c1-21(2)17-39(48(42,43)25-12-15-29-31(16-25)47-34(37-29)36-24-10-11-24)18-30(40)28(14-8-22-6-4-3-5-7-22)38-35(41)46-32-23-9-13-26-27(32)20-45-33(26)44-19-23/h3-7,12,15-16,21,23-24,26-28,30,32-33,40H,8-11,13-14,17-20H2,1-2H3,(H,36,37)(H,38,41)/t23?,26?,27?,28-,30+,32?,33?/m0/s1. The molecule has 7 atom stereocenters. The molecule has 0 radical (unpaired) electrons. The number of carbonyl (C=O) groups is 1. The highest BCUT2D eigenvalue weighted by Crippen LogP contribution is 2.46. The quantitative estimate of drug-likeness (QED) is 0.212. The van der Waals surface area contributed by atoms with Crippen LogP contribution in [0.15, 0.2) is 53.4 Å². The molecule has 4 heterocycles. The highest BCUT2D eigenvalue weighted by Gasteiger charge is 2.52. The molecule has 2 aliphatic carbocycles. The Hall–Kier alpha value is -2.81. The summed E-state index contributed by atoms with van der Waals surface area (Å²) in [6.07, 6.45) is 2.75.